The summed E-state index contributed by atoms with van der Waals surface area (Å²) in [6.07, 6.45) is 21.9. The number of carbonyl (C=O) groups excluding carboxylic acids is 1. The smallest absolute Gasteiger partial charge is 0.245 e. The molecule has 1 fully saturated rings. The number of rotatable bonds is 19. The molecule has 1 N–H and O–H groups in total. The zero-order chi connectivity index (χ0) is 22.7. The maximum absolute atomic E-state index is 12.6. The van der Waals surface area contributed by atoms with Crippen LogP contribution in [0.3, 0.4) is 0 Å². The van der Waals surface area contributed by atoms with Crippen LogP contribution in [0, 0.1) is 0 Å². The van der Waals surface area contributed by atoms with Gasteiger partial charge in [-0.1, -0.05) is 121 Å². The van der Waals surface area contributed by atoms with E-state index < -0.39 is 0 Å². The number of nitrogens with one attached hydrogen (secondary N) is 1. The van der Waals surface area contributed by atoms with E-state index >= 15 is 0 Å². The van der Waals surface area contributed by atoms with Crippen molar-refractivity contribution in [3.63, 3.8) is 0 Å². The SMILES string of the molecule is CCCCCCCCCCCCCCCCCCNC(=O)C1COCN1c1ccccc1.Cl. The molecule has 0 bridgehead atoms. The van der Waals surface area contributed by atoms with E-state index in [1.165, 1.54) is 96.3 Å². The number of hydrogen-bond acceptors (Lipinski definition) is 3. The first-order valence-corrected chi connectivity index (χ1v) is 13.5. The van der Waals surface area contributed by atoms with Crippen LogP contribution in [0.25, 0.3) is 0 Å². The fourth-order valence-electron chi connectivity index (χ4n) is 4.54. The molecule has 2 rings (SSSR count). The first kappa shape index (κ1) is 29.8. The third-order valence-corrected chi connectivity index (χ3v) is 6.60. The van der Waals surface area contributed by atoms with Crippen molar-refractivity contribution in [2.45, 2.75) is 116 Å². The van der Waals surface area contributed by atoms with Gasteiger partial charge in [-0.05, 0) is 18.6 Å². The van der Waals surface area contributed by atoms with Gasteiger partial charge in [0.1, 0.15) is 12.8 Å². The highest BCUT2D eigenvalue weighted by atomic mass is 35.5. The summed E-state index contributed by atoms with van der Waals surface area (Å²) < 4.78 is 5.55. The van der Waals surface area contributed by atoms with Gasteiger partial charge in [0.15, 0.2) is 0 Å². The van der Waals surface area contributed by atoms with Crippen molar-refractivity contribution in [3.8, 4) is 0 Å². The third kappa shape index (κ3) is 13.3. The Balaban J connectivity index is 0.00000544. The molecule has 1 aromatic carbocycles. The Morgan fingerprint density at radius 2 is 1.30 bits per heavy atom. The number of ether oxygens (including phenoxy) is 1. The largest absolute Gasteiger partial charge is 0.358 e. The van der Waals surface area contributed by atoms with Gasteiger partial charge in [0, 0.05) is 12.2 Å². The summed E-state index contributed by atoms with van der Waals surface area (Å²) in [7, 11) is 0. The lowest BCUT2D eigenvalue weighted by Gasteiger charge is -2.23. The normalized spacial score (nSPS) is 15.4. The Morgan fingerprint density at radius 3 is 1.82 bits per heavy atom. The molecular formula is C28H49ClN2O2. The lowest BCUT2D eigenvalue weighted by Crippen LogP contribution is -2.45. The summed E-state index contributed by atoms with van der Waals surface area (Å²) in [5, 5.41) is 3.11. The summed E-state index contributed by atoms with van der Waals surface area (Å²) in [5.41, 5.74) is 1.05. The van der Waals surface area contributed by atoms with Crippen LogP contribution in [0.2, 0.25) is 0 Å². The fourth-order valence-corrected chi connectivity index (χ4v) is 4.54. The number of unbranched alkanes of at least 4 members (excludes halogenated alkanes) is 15. The van der Waals surface area contributed by atoms with E-state index in [4.69, 9.17) is 4.74 Å². The molecule has 1 amide bonds. The van der Waals surface area contributed by atoms with Crippen LogP contribution in [-0.2, 0) is 9.53 Å². The van der Waals surface area contributed by atoms with Crippen LogP contribution in [0.15, 0.2) is 30.3 Å². The summed E-state index contributed by atoms with van der Waals surface area (Å²) in [4.78, 5) is 14.6. The van der Waals surface area contributed by atoms with Crippen molar-refractivity contribution in [2.24, 2.45) is 0 Å². The molecule has 190 valence electrons. The maximum atomic E-state index is 12.6. The van der Waals surface area contributed by atoms with Gasteiger partial charge in [-0.3, -0.25) is 4.79 Å². The Bertz CT molecular complexity index is 585. The second-order valence-corrected chi connectivity index (χ2v) is 9.42. The Labute approximate surface area is 209 Å². The lowest BCUT2D eigenvalue weighted by atomic mass is 10.0. The maximum Gasteiger partial charge on any atom is 0.245 e. The van der Waals surface area contributed by atoms with Crippen molar-refractivity contribution in [2.75, 3.05) is 24.8 Å². The van der Waals surface area contributed by atoms with Crippen LogP contribution in [0.5, 0.6) is 0 Å². The minimum absolute atomic E-state index is 0. The molecule has 1 aliphatic rings. The van der Waals surface area contributed by atoms with Gasteiger partial charge in [0.05, 0.1) is 6.61 Å². The fraction of sp³-hybridized carbons (Fsp3) is 0.750. The summed E-state index contributed by atoms with van der Waals surface area (Å²) in [6, 6.07) is 9.85. The topological polar surface area (TPSA) is 41.6 Å². The zero-order valence-electron chi connectivity index (χ0n) is 21.1. The molecule has 0 aliphatic carbocycles. The van der Waals surface area contributed by atoms with Crippen molar-refractivity contribution in [1.82, 2.24) is 5.32 Å². The summed E-state index contributed by atoms with van der Waals surface area (Å²) in [6.45, 7) is 4.02. The van der Waals surface area contributed by atoms with E-state index in [2.05, 4.69) is 12.2 Å². The Kier molecular flexibility index (Phi) is 18.2. The first-order chi connectivity index (χ1) is 15.8. The molecule has 1 atom stereocenters. The molecule has 1 unspecified atom stereocenters. The average Bonchev–Trinajstić information content (AvgIpc) is 3.32. The molecule has 1 aliphatic heterocycles. The highest BCUT2D eigenvalue weighted by Crippen LogP contribution is 2.21. The standard InChI is InChI=1S/C28H48N2O2.ClH/c1-2-3-4-5-6-7-8-9-10-11-12-13-14-15-16-20-23-29-28(31)27-24-32-25-30(27)26-21-18-17-19-22-26;/h17-19,21-22,27H,2-16,20,23-25H2,1H3,(H,29,31);1H. The molecule has 1 saturated heterocycles. The van der Waals surface area contributed by atoms with E-state index in [-0.39, 0.29) is 24.4 Å². The predicted octanol–water partition coefficient (Wildman–Crippen LogP) is 7.65. The number of carbonyl (C=O) groups is 1. The number of para-hydroxylation sites is 1. The van der Waals surface area contributed by atoms with E-state index in [9.17, 15) is 4.79 Å². The second kappa shape index (κ2) is 20.1. The Hall–Kier alpha value is -1.26. The van der Waals surface area contributed by atoms with Crippen LogP contribution in [-0.4, -0.2) is 31.8 Å². The minimum atomic E-state index is -0.210. The highest BCUT2D eigenvalue weighted by Gasteiger charge is 2.31. The number of halogens is 1. The van der Waals surface area contributed by atoms with Crippen molar-refractivity contribution >= 4 is 24.0 Å². The van der Waals surface area contributed by atoms with Gasteiger partial charge in [-0.25, -0.2) is 0 Å². The van der Waals surface area contributed by atoms with Crippen LogP contribution >= 0.6 is 12.4 Å². The second-order valence-electron chi connectivity index (χ2n) is 9.42. The zero-order valence-corrected chi connectivity index (χ0v) is 21.9. The molecule has 5 heteroatoms. The number of hydrogen-bond donors (Lipinski definition) is 1. The van der Waals surface area contributed by atoms with Crippen molar-refractivity contribution < 1.29 is 9.53 Å². The monoisotopic (exact) mass is 480 g/mol. The molecule has 4 nitrogen and oxygen atoms in total. The molecule has 1 aromatic rings. The quantitative estimate of drug-likeness (QED) is 0.207. The van der Waals surface area contributed by atoms with Gasteiger partial charge in [-0.15, -0.1) is 12.4 Å². The molecule has 0 radical (unpaired) electrons. The average molecular weight is 481 g/mol. The third-order valence-electron chi connectivity index (χ3n) is 6.60. The van der Waals surface area contributed by atoms with Crippen molar-refractivity contribution in [3.05, 3.63) is 30.3 Å². The molecule has 0 saturated carbocycles. The van der Waals surface area contributed by atoms with Crippen molar-refractivity contribution in [1.29, 1.82) is 0 Å². The molecule has 1 heterocycles. The molecular weight excluding hydrogens is 432 g/mol. The van der Waals surface area contributed by atoms with Gasteiger partial charge < -0.3 is 15.0 Å². The summed E-state index contributed by atoms with van der Waals surface area (Å²) in [5.74, 6) is 0.0901. The van der Waals surface area contributed by atoms with E-state index in [1.807, 2.05) is 35.2 Å². The van der Waals surface area contributed by atoms with Crippen LogP contribution in [0.1, 0.15) is 110 Å². The van der Waals surface area contributed by atoms with Gasteiger partial charge in [0.2, 0.25) is 5.91 Å². The molecule has 0 aromatic heterocycles. The molecule has 33 heavy (non-hydrogen) atoms. The number of nitrogens with zero attached hydrogens (tertiary/aromatic N) is 1. The number of anilines is 1. The number of amides is 1. The highest BCUT2D eigenvalue weighted by molar-refractivity contribution is 5.86. The predicted molar refractivity (Wildman–Crippen MR) is 143 cm³/mol. The lowest BCUT2D eigenvalue weighted by molar-refractivity contribution is -0.122. The van der Waals surface area contributed by atoms with Gasteiger partial charge in [-0.2, -0.15) is 0 Å². The van der Waals surface area contributed by atoms with Crippen LogP contribution < -0.4 is 10.2 Å². The van der Waals surface area contributed by atoms with Gasteiger partial charge >= 0.3 is 0 Å². The number of benzene rings is 1. The Morgan fingerprint density at radius 1 is 0.818 bits per heavy atom. The first-order valence-electron chi connectivity index (χ1n) is 13.5. The van der Waals surface area contributed by atoms with Gasteiger partial charge in [0.25, 0.3) is 0 Å². The van der Waals surface area contributed by atoms with E-state index in [1.54, 1.807) is 0 Å². The minimum Gasteiger partial charge on any atom is -0.358 e. The van der Waals surface area contributed by atoms with E-state index in [0.29, 0.717) is 13.3 Å². The molecule has 0 spiro atoms. The summed E-state index contributed by atoms with van der Waals surface area (Å²) >= 11 is 0. The van der Waals surface area contributed by atoms with Crippen LogP contribution in [0.4, 0.5) is 5.69 Å². The van der Waals surface area contributed by atoms with E-state index in [0.717, 1.165) is 18.7 Å².